The Morgan fingerprint density at radius 2 is 0.712 bits per heavy atom. The topological polar surface area (TPSA) is 6.48 Å². The molecule has 3 heteroatoms. The van der Waals surface area contributed by atoms with Crippen molar-refractivity contribution in [2.75, 3.05) is 9.80 Å². The maximum Gasteiger partial charge on any atom is 0.252 e. The van der Waals surface area contributed by atoms with E-state index in [1.807, 2.05) is 0 Å². The molecule has 73 heavy (non-hydrogen) atoms. The highest BCUT2D eigenvalue weighted by Gasteiger charge is 2.44. The van der Waals surface area contributed by atoms with Crippen LogP contribution in [0.1, 0.15) is 52.7 Å². The summed E-state index contributed by atoms with van der Waals surface area (Å²) >= 11 is 0. The molecule has 0 fully saturated rings. The van der Waals surface area contributed by atoms with Crippen LogP contribution >= 0.6 is 0 Å². The molecule has 2 aliphatic heterocycles. The van der Waals surface area contributed by atoms with Crippen molar-refractivity contribution in [3.8, 4) is 44.5 Å². The number of hydrogen-bond donors (Lipinski definition) is 0. The van der Waals surface area contributed by atoms with Gasteiger partial charge in [0.1, 0.15) is 0 Å². The van der Waals surface area contributed by atoms with Gasteiger partial charge in [0.05, 0.1) is 0 Å². The standard InChI is InChI=1S/C70H57BN2/c1-69(2,3)52-26-22-25-47(42-52)48-39-49(41-51(40-48)67-58-33-18-16-31-56(58)66(46-23-10-7-11-24-46)57-32-17-19-34-59(57)67)50-43-64-68-65(44-50)73(55-29-14-9-15-30-55)63-45-53(70(4,5)6)37-38-61(63)71(68)60-35-20-21-36-62(60)72(64)54-27-12-8-13-28-54/h7-45H,1-6H3. The number of hydrogen-bond acceptors (Lipinski definition) is 2. The predicted octanol–water partition coefficient (Wildman–Crippen LogP) is 17.3. The van der Waals surface area contributed by atoms with Crippen molar-refractivity contribution in [3.63, 3.8) is 0 Å². The Balaban J connectivity index is 1.15. The molecular formula is C70H57BN2. The second-order valence-corrected chi connectivity index (χ2v) is 22.1. The van der Waals surface area contributed by atoms with Crippen LogP contribution < -0.4 is 26.2 Å². The predicted molar refractivity (Wildman–Crippen MR) is 315 cm³/mol. The van der Waals surface area contributed by atoms with Crippen LogP contribution in [0.25, 0.3) is 66.1 Å². The van der Waals surface area contributed by atoms with Gasteiger partial charge in [-0.05, 0) is 171 Å². The lowest BCUT2D eigenvalue weighted by molar-refractivity contribution is 0.590. The van der Waals surface area contributed by atoms with E-state index in [1.165, 1.54) is 111 Å². The third-order valence-electron chi connectivity index (χ3n) is 15.5. The maximum atomic E-state index is 2.56. The molecule has 0 aromatic heterocycles. The van der Waals surface area contributed by atoms with Gasteiger partial charge < -0.3 is 9.80 Å². The summed E-state index contributed by atoms with van der Waals surface area (Å²) in [6.07, 6.45) is 0. The smallest absolute Gasteiger partial charge is 0.252 e. The van der Waals surface area contributed by atoms with Crippen molar-refractivity contribution in [2.45, 2.75) is 52.4 Å². The zero-order chi connectivity index (χ0) is 49.6. The molecule has 0 aliphatic carbocycles. The van der Waals surface area contributed by atoms with Gasteiger partial charge in [-0.1, -0.05) is 211 Å². The molecule has 0 saturated carbocycles. The van der Waals surface area contributed by atoms with Crippen LogP contribution in [0, 0.1) is 0 Å². The van der Waals surface area contributed by atoms with E-state index in [1.54, 1.807) is 0 Å². The van der Waals surface area contributed by atoms with Gasteiger partial charge in [0.2, 0.25) is 0 Å². The SMILES string of the molecule is CC(C)(C)c1cccc(-c2cc(-c3cc4c5c(c3)N(c3ccccc3)c3cc(C(C)(C)C)ccc3B5c3ccccc3N4c3ccccc3)cc(-c3c4ccccc4c(-c4ccccc4)c4ccccc34)c2)c1. The summed E-state index contributed by atoms with van der Waals surface area (Å²) in [7, 11) is 0. The number of benzene rings is 11. The minimum atomic E-state index is -0.0476. The molecule has 0 bridgehead atoms. The molecule has 11 aromatic rings. The quantitative estimate of drug-likeness (QED) is 0.121. The van der Waals surface area contributed by atoms with Gasteiger partial charge in [0, 0.05) is 34.1 Å². The second kappa shape index (κ2) is 17.1. The van der Waals surface area contributed by atoms with E-state index in [0.717, 1.165) is 16.9 Å². The molecule has 0 N–H and O–H groups in total. The van der Waals surface area contributed by atoms with Gasteiger partial charge in [-0.15, -0.1) is 0 Å². The van der Waals surface area contributed by atoms with Crippen LogP contribution in [0.4, 0.5) is 34.1 Å². The lowest BCUT2D eigenvalue weighted by Gasteiger charge is -2.44. The summed E-state index contributed by atoms with van der Waals surface area (Å²) < 4.78 is 0. The van der Waals surface area contributed by atoms with Gasteiger partial charge in [0.25, 0.3) is 6.71 Å². The van der Waals surface area contributed by atoms with Gasteiger partial charge in [-0.25, -0.2) is 0 Å². The normalized spacial score (nSPS) is 13.0. The Morgan fingerprint density at radius 1 is 0.288 bits per heavy atom. The van der Waals surface area contributed by atoms with Crippen LogP contribution in [0.2, 0.25) is 0 Å². The van der Waals surface area contributed by atoms with E-state index in [0.29, 0.717) is 0 Å². The van der Waals surface area contributed by atoms with Crippen molar-refractivity contribution >= 4 is 78.8 Å². The largest absolute Gasteiger partial charge is 0.311 e. The summed E-state index contributed by atoms with van der Waals surface area (Å²) in [6.45, 7) is 13.9. The molecule has 0 radical (unpaired) electrons. The number of rotatable bonds is 6. The number of nitrogens with zero attached hydrogens (tertiary/aromatic N) is 2. The lowest BCUT2D eigenvalue weighted by atomic mass is 9.33. The van der Waals surface area contributed by atoms with Crippen molar-refractivity contribution in [3.05, 3.63) is 248 Å². The van der Waals surface area contributed by atoms with E-state index in [2.05, 4.69) is 288 Å². The molecule has 2 aliphatic rings. The first-order valence-corrected chi connectivity index (χ1v) is 25.9. The fourth-order valence-corrected chi connectivity index (χ4v) is 11.9. The number of para-hydroxylation sites is 3. The highest BCUT2D eigenvalue weighted by atomic mass is 15.2. The summed E-state index contributed by atoms with van der Waals surface area (Å²) in [5.74, 6) is 0. The molecule has 2 nitrogen and oxygen atoms in total. The molecule has 0 spiro atoms. The first-order valence-electron chi connectivity index (χ1n) is 25.9. The van der Waals surface area contributed by atoms with Gasteiger partial charge >= 0.3 is 0 Å². The first kappa shape index (κ1) is 44.5. The van der Waals surface area contributed by atoms with Crippen LogP contribution in [0.5, 0.6) is 0 Å². The molecule has 13 rings (SSSR count). The molecule has 350 valence electrons. The monoisotopic (exact) mass is 936 g/mol. The first-order chi connectivity index (χ1) is 35.5. The fraction of sp³-hybridized carbons (Fsp3) is 0.114. The zero-order valence-corrected chi connectivity index (χ0v) is 42.5. The Hall–Kier alpha value is -8.40. The molecule has 0 unspecified atom stereocenters. The molecule has 11 aromatic carbocycles. The average molecular weight is 937 g/mol. The summed E-state index contributed by atoms with van der Waals surface area (Å²) in [4.78, 5) is 5.08. The van der Waals surface area contributed by atoms with Crippen LogP contribution in [0.15, 0.2) is 237 Å². The molecular weight excluding hydrogens is 880 g/mol. The number of fused-ring (bicyclic) bond motifs is 6. The van der Waals surface area contributed by atoms with Gasteiger partial charge in [0.15, 0.2) is 0 Å². The summed E-state index contributed by atoms with van der Waals surface area (Å²) in [5.41, 5.74) is 23.3. The Bertz CT molecular complexity index is 3880. The minimum absolute atomic E-state index is 0.0158. The maximum absolute atomic E-state index is 2.56. The van der Waals surface area contributed by atoms with E-state index < -0.39 is 0 Å². The van der Waals surface area contributed by atoms with Crippen molar-refractivity contribution < 1.29 is 0 Å². The number of anilines is 6. The fourth-order valence-electron chi connectivity index (χ4n) is 11.9. The Labute approximate surface area is 431 Å². The Kier molecular flexibility index (Phi) is 10.5. The van der Waals surface area contributed by atoms with Crippen molar-refractivity contribution in [2.24, 2.45) is 0 Å². The third kappa shape index (κ3) is 7.48. The Morgan fingerprint density at radius 3 is 1.29 bits per heavy atom. The lowest BCUT2D eigenvalue weighted by Crippen LogP contribution is -2.61. The molecule has 0 saturated heterocycles. The van der Waals surface area contributed by atoms with Crippen LogP contribution in [-0.2, 0) is 10.8 Å². The zero-order valence-electron chi connectivity index (χ0n) is 42.5. The van der Waals surface area contributed by atoms with Crippen LogP contribution in [-0.4, -0.2) is 6.71 Å². The highest BCUT2D eigenvalue weighted by molar-refractivity contribution is 7.00. The van der Waals surface area contributed by atoms with Crippen molar-refractivity contribution in [1.82, 2.24) is 0 Å². The van der Waals surface area contributed by atoms with E-state index in [9.17, 15) is 0 Å². The average Bonchev–Trinajstić information content (AvgIpc) is 3.42. The van der Waals surface area contributed by atoms with Gasteiger partial charge in [-0.3, -0.25) is 0 Å². The second-order valence-electron chi connectivity index (χ2n) is 22.1. The molecule has 0 atom stereocenters. The van der Waals surface area contributed by atoms with E-state index >= 15 is 0 Å². The molecule has 2 heterocycles. The van der Waals surface area contributed by atoms with Gasteiger partial charge in [-0.2, -0.15) is 0 Å². The summed E-state index contributed by atoms with van der Waals surface area (Å²) in [6, 6.07) is 88.9. The summed E-state index contributed by atoms with van der Waals surface area (Å²) in [5, 5.41) is 4.97. The van der Waals surface area contributed by atoms with E-state index in [-0.39, 0.29) is 17.5 Å². The van der Waals surface area contributed by atoms with Crippen LogP contribution in [0.3, 0.4) is 0 Å². The van der Waals surface area contributed by atoms with E-state index in [4.69, 9.17) is 0 Å². The highest BCUT2D eigenvalue weighted by Crippen LogP contribution is 2.49. The molecule has 0 amide bonds. The minimum Gasteiger partial charge on any atom is -0.311 e. The van der Waals surface area contributed by atoms with Crippen molar-refractivity contribution in [1.29, 1.82) is 0 Å². The third-order valence-corrected chi connectivity index (χ3v) is 15.5.